The number of piperazine rings is 1. The monoisotopic (exact) mass is 471 g/mol. The fraction of sp³-hybridized carbons (Fsp3) is 0.450. The summed E-state index contributed by atoms with van der Waals surface area (Å²) >= 11 is 2.99. The van der Waals surface area contributed by atoms with Crippen LogP contribution in [0.1, 0.15) is 18.5 Å². The average Bonchev–Trinajstić information content (AvgIpc) is 3.63. The predicted octanol–water partition coefficient (Wildman–Crippen LogP) is 2.70. The average molecular weight is 472 g/mol. The van der Waals surface area contributed by atoms with Crippen LogP contribution in [-0.4, -0.2) is 71.0 Å². The van der Waals surface area contributed by atoms with Gasteiger partial charge in [0.15, 0.2) is 10.1 Å². The van der Waals surface area contributed by atoms with Crippen LogP contribution in [0.3, 0.4) is 0 Å². The summed E-state index contributed by atoms with van der Waals surface area (Å²) in [6, 6.07) is 5.55. The molecule has 2 aliphatic heterocycles. The van der Waals surface area contributed by atoms with Crippen LogP contribution >= 0.6 is 23.1 Å². The molecular formula is C20H21N7O3S2. The summed E-state index contributed by atoms with van der Waals surface area (Å²) in [6.45, 7) is 4.30. The molecule has 32 heavy (non-hydrogen) atoms. The van der Waals surface area contributed by atoms with Gasteiger partial charge in [-0.3, -0.25) is 4.79 Å². The smallest absolute Gasteiger partial charge is 0.266 e. The molecule has 1 amide bonds. The zero-order valence-electron chi connectivity index (χ0n) is 17.3. The maximum atomic E-state index is 12.7. The summed E-state index contributed by atoms with van der Waals surface area (Å²) in [5, 5.41) is 18.9. The molecule has 5 heterocycles. The highest BCUT2D eigenvalue weighted by molar-refractivity contribution is 8.01. The highest BCUT2D eigenvalue weighted by Crippen LogP contribution is 2.31. The van der Waals surface area contributed by atoms with Crippen molar-refractivity contribution in [2.75, 3.05) is 54.8 Å². The molecule has 5 rings (SSSR count). The lowest BCUT2D eigenvalue weighted by molar-refractivity contribution is -0.128. The fourth-order valence-electron chi connectivity index (χ4n) is 3.78. The maximum Gasteiger partial charge on any atom is 0.266 e. The van der Waals surface area contributed by atoms with Crippen molar-refractivity contribution < 1.29 is 13.6 Å². The molecule has 2 aliphatic rings. The molecule has 0 atom stereocenters. The van der Waals surface area contributed by atoms with Crippen LogP contribution in [0.15, 0.2) is 31.6 Å². The van der Waals surface area contributed by atoms with E-state index in [2.05, 4.69) is 26.2 Å². The molecule has 0 radical (unpaired) electrons. The maximum absolute atomic E-state index is 12.7. The van der Waals surface area contributed by atoms with E-state index >= 15 is 0 Å². The summed E-state index contributed by atoms with van der Waals surface area (Å²) in [6.07, 6.45) is 3.92. The summed E-state index contributed by atoms with van der Waals surface area (Å²) in [4.78, 5) is 23.0. The largest absolute Gasteiger partial charge is 0.459 e. The molecule has 166 valence electrons. The van der Waals surface area contributed by atoms with Crippen LogP contribution < -0.4 is 9.80 Å². The Hall–Kier alpha value is -3.04. The first-order valence-electron chi connectivity index (χ1n) is 10.4. The minimum absolute atomic E-state index is 0.0712. The molecule has 0 N–H and O–H groups in total. The van der Waals surface area contributed by atoms with E-state index in [0.29, 0.717) is 43.6 Å². The summed E-state index contributed by atoms with van der Waals surface area (Å²) in [5.74, 6) is 1.58. The van der Waals surface area contributed by atoms with E-state index < -0.39 is 0 Å². The Morgan fingerprint density at radius 1 is 1.16 bits per heavy atom. The first kappa shape index (κ1) is 20.8. The molecule has 0 saturated carbocycles. The number of carbonyl (C=O) groups excluding carboxylic acids is 1. The minimum atomic E-state index is 0.0712. The molecule has 0 bridgehead atoms. The van der Waals surface area contributed by atoms with Crippen LogP contribution in [0.4, 0.5) is 11.0 Å². The molecule has 3 aromatic heterocycles. The van der Waals surface area contributed by atoms with Crippen LogP contribution in [0.25, 0.3) is 11.7 Å². The van der Waals surface area contributed by atoms with Crippen molar-refractivity contribution in [3.05, 3.63) is 24.1 Å². The topological polar surface area (TPSA) is 116 Å². The Kier molecular flexibility index (Phi) is 6.00. The second kappa shape index (κ2) is 9.22. The van der Waals surface area contributed by atoms with Gasteiger partial charge in [0, 0.05) is 39.3 Å². The van der Waals surface area contributed by atoms with E-state index in [1.54, 1.807) is 23.5 Å². The highest BCUT2D eigenvalue weighted by Gasteiger charge is 2.27. The van der Waals surface area contributed by atoms with Gasteiger partial charge in [-0.25, -0.2) is 0 Å². The summed E-state index contributed by atoms with van der Waals surface area (Å²) in [7, 11) is 0. The second-order valence-electron chi connectivity index (χ2n) is 7.46. The third-order valence-corrected chi connectivity index (χ3v) is 7.56. The van der Waals surface area contributed by atoms with Gasteiger partial charge >= 0.3 is 0 Å². The number of oxazole rings is 1. The van der Waals surface area contributed by atoms with Crippen molar-refractivity contribution in [3.8, 4) is 17.7 Å². The molecule has 2 saturated heterocycles. The van der Waals surface area contributed by atoms with Crippen LogP contribution in [0, 0.1) is 11.3 Å². The molecule has 2 fully saturated rings. The molecule has 0 aliphatic carbocycles. The number of hydrogen-bond acceptors (Lipinski definition) is 11. The number of carbonyl (C=O) groups is 1. The number of anilines is 2. The first-order valence-corrected chi connectivity index (χ1v) is 12.2. The standard InChI is InChI=1S/C20H21N7O3S2/c21-12-14-18(30-17(22-14)15-4-3-11-29-15)26-9-7-25(8-10-26)16(28)13-31-20-24-23-19(32-20)27-5-1-2-6-27/h3-4,11H,1-2,5-10,13H2. The Labute approximate surface area is 192 Å². The number of nitrogens with zero attached hydrogens (tertiary/aromatic N) is 7. The minimum Gasteiger partial charge on any atom is -0.459 e. The van der Waals surface area contributed by atoms with Crippen LogP contribution in [0.5, 0.6) is 0 Å². The number of furan rings is 1. The van der Waals surface area contributed by atoms with E-state index in [0.717, 1.165) is 22.6 Å². The van der Waals surface area contributed by atoms with Crippen molar-refractivity contribution in [1.29, 1.82) is 5.26 Å². The third-order valence-electron chi connectivity index (χ3n) is 5.46. The van der Waals surface area contributed by atoms with Gasteiger partial charge in [0.1, 0.15) is 6.07 Å². The Morgan fingerprint density at radius 3 is 2.69 bits per heavy atom. The van der Waals surface area contributed by atoms with Gasteiger partial charge in [-0.1, -0.05) is 23.1 Å². The molecule has 12 heteroatoms. The normalized spacial score (nSPS) is 16.5. The lowest BCUT2D eigenvalue weighted by Crippen LogP contribution is -2.49. The van der Waals surface area contributed by atoms with Gasteiger partial charge in [-0.15, -0.1) is 10.2 Å². The lowest BCUT2D eigenvalue weighted by Gasteiger charge is -2.34. The van der Waals surface area contributed by atoms with Crippen molar-refractivity contribution >= 4 is 40.0 Å². The lowest BCUT2D eigenvalue weighted by atomic mass is 10.3. The van der Waals surface area contributed by atoms with E-state index in [1.807, 2.05) is 9.80 Å². The van der Waals surface area contributed by atoms with Gasteiger partial charge in [-0.2, -0.15) is 10.2 Å². The Morgan fingerprint density at radius 2 is 1.97 bits per heavy atom. The van der Waals surface area contributed by atoms with Gasteiger partial charge in [-0.05, 0) is 25.0 Å². The molecule has 0 aromatic carbocycles. The highest BCUT2D eigenvalue weighted by atomic mass is 32.2. The third kappa shape index (κ3) is 4.31. The second-order valence-corrected chi connectivity index (χ2v) is 9.64. The van der Waals surface area contributed by atoms with E-state index in [1.165, 1.54) is 30.9 Å². The predicted molar refractivity (Wildman–Crippen MR) is 120 cm³/mol. The number of nitriles is 1. The fourth-order valence-corrected chi connectivity index (χ4v) is 5.57. The van der Waals surface area contributed by atoms with Gasteiger partial charge < -0.3 is 23.5 Å². The SMILES string of the molecule is N#Cc1nc(-c2ccco2)oc1N1CCN(C(=O)CSc2nnc(N3CCCC3)s2)CC1. The molecule has 3 aromatic rings. The molecule has 0 spiro atoms. The molecular weight excluding hydrogens is 450 g/mol. The van der Waals surface area contributed by atoms with Crippen LogP contribution in [-0.2, 0) is 4.79 Å². The Bertz CT molecular complexity index is 1110. The van der Waals surface area contributed by atoms with E-state index in [9.17, 15) is 10.1 Å². The van der Waals surface area contributed by atoms with Crippen LogP contribution in [0.2, 0.25) is 0 Å². The van der Waals surface area contributed by atoms with Crippen molar-refractivity contribution in [1.82, 2.24) is 20.1 Å². The molecule has 10 nitrogen and oxygen atoms in total. The summed E-state index contributed by atoms with van der Waals surface area (Å²) in [5.41, 5.74) is 0.219. The van der Waals surface area contributed by atoms with Crippen molar-refractivity contribution in [3.63, 3.8) is 0 Å². The molecule has 0 unspecified atom stereocenters. The van der Waals surface area contributed by atoms with Gasteiger partial charge in [0.2, 0.25) is 22.6 Å². The quantitative estimate of drug-likeness (QED) is 0.497. The van der Waals surface area contributed by atoms with E-state index in [-0.39, 0.29) is 17.5 Å². The number of aromatic nitrogens is 3. The number of hydrogen-bond donors (Lipinski definition) is 0. The summed E-state index contributed by atoms with van der Waals surface area (Å²) < 4.78 is 11.9. The first-order chi connectivity index (χ1) is 15.7. The van der Waals surface area contributed by atoms with Gasteiger partial charge in [0.25, 0.3) is 5.89 Å². The zero-order valence-corrected chi connectivity index (χ0v) is 18.9. The number of amides is 1. The van der Waals surface area contributed by atoms with E-state index in [4.69, 9.17) is 8.83 Å². The Balaban J connectivity index is 1.15. The number of rotatable bonds is 6. The van der Waals surface area contributed by atoms with Crippen molar-refractivity contribution in [2.24, 2.45) is 0 Å². The number of thioether (sulfide) groups is 1. The zero-order chi connectivity index (χ0) is 21.9. The van der Waals surface area contributed by atoms with Crippen molar-refractivity contribution in [2.45, 2.75) is 17.2 Å². The van der Waals surface area contributed by atoms with Gasteiger partial charge in [0.05, 0.1) is 12.0 Å².